The molecule has 0 atom stereocenters. The molecular weight excluding hydrogens is 368 g/mol. The molecule has 1 saturated heterocycles. The summed E-state index contributed by atoms with van der Waals surface area (Å²) in [7, 11) is 0. The molecule has 1 N–H and O–H groups in total. The molecule has 0 spiro atoms. The highest BCUT2D eigenvalue weighted by Gasteiger charge is 2.23. The third-order valence-electron chi connectivity index (χ3n) is 4.93. The lowest BCUT2D eigenvalue weighted by Crippen LogP contribution is -2.46. The Bertz CT molecular complexity index is 759. The first-order chi connectivity index (χ1) is 14.2. The second-order valence-corrected chi connectivity index (χ2v) is 7.13. The number of amides is 2. The maximum absolute atomic E-state index is 12.4. The molecule has 29 heavy (non-hydrogen) atoms. The molecule has 1 fully saturated rings. The van der Waals surface area contributed by atoms with Crippen LogP contribution in [0.5, 0.6) is 5.75 Å². The fourth-order valence-corrected chi connectivity index (χ4v) is 3.29. The Morgan fingerprint density at radius 3 is 2.31 bits per heavy atom. The van der Waals surface area contributed by atoms with Gasteiger partial charge in [-0.05, 0) is 37.0 Å². The molecule has 2 amide bonds. The molecule has 0 bridgehead atoms. The number of likely N-dealkylation sites (tertiary alicyclic amines) is 1. The van der Waals surface area contributed by atoms with Crippen molar-refractivity contribution in [3.8, 4) is 5.75 Å². The molecule has 0 aliphatic carbocycles. The number of carbonyl (C=O) groups is 2. The Labute approximate surface area is 171 Å². The third kappa shape index (κ3) is 7.14. The van der Waals surface area contributed by atoms with Gasteiger partial charge in [0.1, 0.15) is 12.4 Å². The molecular formula is C23H28N2O4. The normalized spacial score (nSPS) is 14.3. The van der Waals surface area contributed by atoms with Crippen LogP contribution in [0.25, 0.3) is 0 Å². The SMILES string of the molecule is O=C(NC1CCN(C(=O)CCCOc2ccccc2)CC1)OCc1ccccc1. The summed E-state index contributed by atoms with van der Waals surface area (Å²) >= 11 is 0. The standard InChI is InChI=1S/C23H28N2O4/c26-22(12-7-17-28-21-10-5-2-6-11-21)25-15-13-20(14-16-25)24-23(27)29-18-19-8-3-1-4-9-19/h1-6,8-11,20H,7,12-18H2,(H,24,27). The first-order valence-electron chi connectivity index (χ1n) is 10.1. The summed E-state index contributed by atoms with van der Waals surface area (Å²) in [6.45, 7) is 2.10. The average Bonchev–Trinajstić information content (AvgIpc) is 2.77. The van der Waals surface area contributed by atoms with Crippen LogP contribution in [0, 0.1) is 0 Å². The molecule has 0 aromatic heterocycles. The minimum atomic E-state index is -0.406. The summed E-state index contributed by atoms with van der Waals surface area (Å²) in [6.07, 6.45) is 2.25. The lowest BCUT2D eigenvalue weighted by Gasteiger charge is -2.32. The third-order valence-corrected chi connectivity index (χ3v) is 4.93. The Hall–Kier alpha value is -3.02. The van der Waals surface area contributed by atoms with Gasteiger partial charge >= 0.3 is 6.09 Å². The molecule has 1 aliphatic heterocycles. The lowest BCUT2D eigenvalue weighted by molar-refractivity contribution is -0.132. The summed E-state index contributed by atoms with van der Waals surface area (Å²) in [5, 5.41) is 2.90. The predicted molar refractivity (Wildman–Crippen MR) is 111 cm³/mol. The Kier molecular flexibility index (Phi) is 7.92. The highest BCUT2D eigenvalue weighted by Crippen LogP contribution is 2.14. The number of ether oxygens (including phenoxy) is 2. The van der Waals surface area contributed by atoms with Crippen LogP contribution in [0.3, 0.4) is 0 Å². The van der Waals surface area contributed by atoms with Crippen LogP contribution in [0.15, 0.2) is 60.7 Å². The molecule has 0 unspecified atom stereocenters. The Balaban J connectivity index is 1.28. The molecule has 3 rings (SSSR count). The number of benzene rings is 2. The van der Waals surface area contributed by atoms with Gasteiger partial charge in [0.2, 0.25) is 5.91 Å². The van der Waals surface area contributed by atoms with Crippen molar-refractivity contribution in [2.75, 3.05) is 19.7 Å². The summed E-state index contributed by atoms with van der Waals surface area (Å²) in [6, 6.07) is 19.2. The van der Waals surface area contributed by atoms with Crippen LogP contribution >= 0.6 is 0 Å². The van der Waals surface area contributed by atoms with Gasteiger partial charge in [-0.1, -0.05) is 48.5 Å². The first kappa shape index (κ1) is 20.7. The zero-order valence-electron chi connectivity index (χ0n) is 16.6. The van der Waals surface area contributed by atoms with Crippen molar-refractivity contribution in [2.24, 2.45) is 0 Å². The van der Waals surface area contributed by atoms with E-state index >= 15 is 0 Å². The number of hydrogen-bond donors (Lipinski definition) is 1. The number of carbonyl (C=O) groups excluding carboxylic acids is 2. The van der Waals surface area contributed by atoms with Crippen molar-refractivity contribution in [1.29, 1.82) is 0 Å². The number of nitrogens with zero attached hydrogens (tertiary/aromatic N) is 1. The molecule has 0 saturated carbocycles. The lowest BCUT2D eigenvalue weighted by atomic mass is 10.0. The Morgan fingerprint density at radius 2 is 1.62 bits per heavy atom. The molecule has 154 valence electrons. The highest BCUT2D eigenvalue weighted by molar-refractivity contribution is 5.76. The maximum Gasteiger partial charge on any atom is 0.407 e. The van der Waals surface area contributed by atoms with Crippen molar-refractivity contribution >= 4 is 12.0 Å². The van der Waals surface area contributed by atoms with Gasteiger partial charge in [-0.15, -0.1) is 0 Å². The monoisotopic (exact) mass is 396 g/mol. The summed E-state index contributed by atoms with van der Waals surface area (Å²) in [5.74, 6) is 0.970. The number of alkyl carbamates (subject to hydrolysis) is 1. The van der Waals surface area contributed by atoms with Gasteiger partial charge in [0.05, 0.1) is 6.61 Å². The van der Waals surface area contributed by atoms with Crippen LogP contribution in [-0.2, 0) is 16.1 Å². The van der Waals surface area contributed by atoms with Gasteiger partial charge in [-0.3, -0.25) is 4.79 Å². The number of hydrogen-bond acceptors (Lipinski definition) is 4. The minimum Gasteiger partial charge on any atom is -0.494 e. The molecule has 6 nitrogen and oxygen atoms in total. The van der Waals surface area contributed by atoms with E-state index in [0.717, 1.165) is 24.2 Å². The molecule has 1 heterocycles. The van der Waals surface area contributed by atoms with Gasteiger partial charge in [0, 0.05) is 25.6 Å². The second kappa shape index (κ2) is 11.1. The zero-order valence-corrected chi connectivity index (χ0v) is 16.6. The summed E-state index contributed by atoms with van der Waals surface area (Å²) in [4.78, 5) is 26.2. The largest absolute Gasteiger partial charge is 0.494 e. The van der Waals surface area contributed by atoms with Crippen LogP contribution in [0.1, 0.15) is 31.2 Å². The Morgan fingerprint density at radius 1 is 0.966 bits per heavy atom. The molecule has 1 aliphatic rings. The van der Waals surface area contributed by atoms with Crippen LogP contribution in [-0.4, -0.2) is 42.6 Å². The van der Waals surface area contributed by atoms with E-state index in [2.05, 4.69) is 5.32 Å². The van der Waals surface area contributed by atoms with Gasteiger partial charge in [-0.25, -0.2) is 4.79 Å². The minimum absolute atomic E-state index is 0.0451. The topological polar surface area (TPSA) is 67.9 Å². The van der Waals surface area contributed by atoms with Gasteiger partial charge in [0.15, 0.2) is 0 Å². The fraction of sp³-hybridized carbons (Fsp3) is 0.391. The van der Waals surface area contributed by atoms with Crippen molar-refractivity contribution in [2.45, 2.75) is 38.3 Å². The van der Waals surface area contributed by atoms with E-state index in [9.17, 15) is 9.59 Å². The van der Waals surface area contributed by atoms with Crippen LogP contribution in [0.2, 0.25) is 0 Å². The fourth-order valence-electron chi connectivity index (χ4n) is 3.29. The van der Waals surface area contributed by atoms with E-state index < -0.39 is 6.09 Å². The first-order valence-corrected chi connectivity index (χ1v) is 10.1. The van der Waals surface area contributed by atoms with Crippen LogP contribution in [0.4, 0.5) is 4.79 Å². The van der Waals surface area contributed by atoms with E-state index in [1.54, 1.807) is 0 Å². The molecule has 2 aromatic carbocycles. The van der Waals surface area contributed by atoms with E-state index in [-0.39, 0.29) is 18.6 Å². The van der Waals surface area contributed by atoms with E-state index in [0.29, 0.717) is 32.5 Å². The van der Waals surface area contributed by atoms with Crippen molar-refractivity contribution in [1.82, 2.24) is 10.2 Å². The van der Waals surface area contributed by atoms with E-state index in [1.165, 1.54) is 0 Å². The zero-order chi connectivity index (χ0) is 20.3. The second-order valence-electron chi connectivity index (χ2n) is 7.13. The number of piperidine rings is 1. The summed E-state index contributed by atoms with van der Waals surface area (Å²) < 4.78 is 10.9. The van der Waals surface area contributed by atoms with Crippen LogP contribution < -0.4 is 10.1 Å². The van der Waals surface area contributed by atoms with Gasteiger partial charge in [-0.2, -0.15) is 0 Å². The predicted octanol–water partition coefficient (Wildman–Crippen LogP) is 3.76. The number of nitrogens with one attached hydrogen (secondary N) is 1. The average molecular weight is 396 g/mol. The van der Waals surface area contributed by atoms with Crippen molar-refractivity contribution in [3.63, 3.8) is 0 Å². The molecule has 6 heteroatoms. The van der Waals surface area contributed by atoms with Crippen molar-refractivity contribution < 1.29 is 19.1 Å². The number of rotatable bonds is 8. The smallest absolute Gasteiger partial charge is 0.407 e. The van der Waals surface area contributed by atoms with E-state index in [4.69, 9.17) is 9.47 Å². The number of para-hydroxylation sites is 1. The highest BCUT2D eigenvalue weighted by atomic mass is 16.5. The van der Waals surface area contributed by atoms with E-state index in [1.807, 2.05) is 65.6 Å². The molecule has 2 aromatic rings. The maximum atomic E-state index is 12.4. The summed E-state index contributed by atoms with van der Waals surface area (Å²) in [5.41, 5.74) is 0.958. The molecule has 0 radical (unpaired) electrons. The quantitative estimate of drug-likeness (QED) is 0.690. The van der Waals surface area contributed by atoms with Gasteiger partial charge < -0.3 is 19.7 Å². The van der Waals surface area contributed by atoms with Gasteiger partial charge in [0.25, 0.3) is 0 Å². The van der Waals surface area contributed by atoms with Crippen molar-refractivity contribution in [3.05, 3.63) is 66.2 Å².